The van der Waals surface area contributed by atoms with E-state index in [1.807, 2.05) is 12.1 Å². The summed E-state index contributed by atoms with van der Waals surface area (Å²) in [5.41, 5.74) is 1.91. The van der Waals surface area contributed by atoms with Crippen molar-refractivity contribution in [2.24, 2.45) is 0 Å². The molecule has 0 N–H and O–H groups in total. The number of ether oxygens (including phenoxy) is 3. The fourth-order valence-corrected chi connectivity index (χ4v) is 5.33. The van der Waals surface area contributed by atoms with E-state index in [4.69, 9.17) is 14.2 Å². The topological polar surface area (TPSA) is 99.2 Å². The molecule has 1 heterocycles. The lowest BCUT2D eigenvalue weighted by Crippen LogP contribution is -2.29. The molecule has 176 valence electrons. The first-order valence-electron chi connectivity index (χ1n) is 10.5. The normalized spacial score (nSPS) is 12.7. The van der Waals surface area contributed by atoms with Gasteiger partial charge in [0.1, 0.15) is 0 Å². The van der Waals surface area contributed by atoms with E-state index in [9.17, 15) is 18.0 Å². The highest BCUT2D eigenvalue weighted by Gasteiger charge is 2.31. The first-order valence-corrected chi connectivity index (χ1v) is 11.9. The van der Waals surface area contributed by atoms with E-state index < -0.39 is 28.4 Å². The Morgan fingerprint density at radius 3 is 2.41 bits per heavy atom. The van der Waals surface area contributed by atoms with Gasteiger partial charge in [0.05, 0.1) is 30.4 Å². The second kappa shape index (κ2) is 9.56. The van der Waals surface area contributed by atoms with Crippen molar-refractivity contribution < 1.29 is 32.2 Å². The molecule has 0 unspecified atom stereocenters. The zero-order valence-electron chi connectivity index (χ0n) is 18.7. The van der Waals surface area contributed by atoms with Crippen LogP contribution in [0.15, 0.2) is 71.6 Å². The van der Waals surface area contributed by atoms with Crippen LogP contribution in [0.5, 0.6) is 11.5 Å². The number of Topliss-reactive ketones (excluding diaryl/α,β-unsaturated/α-hetero) is 1. The highest BCUT2D eigenvalue weighted by Crippen LogP contribution is 2.33. The number of para-hydroxylation sites is 1. The predicted molar refractivity (Wildman–Crippen MR) is 125 cm³/mol. The summed E-state index contributed by atoms with van der Waals surface area (Å²) in [6.45, 7) is -0.180. The van der Waals surface area contributed by atoms with E-state index in [1.165, 1.54) is 48.9 Å². The Morgan fingerprint density at radius 2 is 1.65 bits per heavy atom. The molecule has 0 aliphatic carbocycles. The Hall–Kier alpha value is -3.85. The van der Waals surface area contributed by atoms with Gasteiger partial charge in [0, 0.05) is 12.1 Å². The quantitative estimate of drug-likeness (QED) is 0.359. The largest absolute Gasteiger partial charge is 0.493 e. The number of anilines is 1. The van der Waals surface area contributed by atoms with Gasteiger partial charge in [0.25, 0.3) is 10.0 Å². The summed E-state index contributed by atoms with van der Waals surface area (Å²) >= 11 is 0. The fourth-order valence-electron chi connectivity index (χ4n) is 3.78. The van der Waals surface area contributed by atoms with Gasteiger partial charge >= 0.3 is 5.97 Å². The molecule has 9 heteroatoms. The Bertz CT molecular complexity index is 1350. The number of benzene rings is 3. The number of rotatable bonds is 8. The number of sulfonamides is 1. The van der Waals surface area contributed by atoms with E-state index in [1.54, 1.807) is 24.3 Å². The molecule has 1 aliphatic rings. The SMILES string of the molecule is COc1ccc(C(=O)COC(=O)c2cccc(S(=O)(=O)N3CCc4ccccc43)c2)cc1OC. The third kappa shape index (κ3) is 4.47. The van der Waals surface area contributed by atoms with Crippen molar-refractivity contribution in [1.82, 2.24) is 0 Å². The lowest BCUT2D eigenvalue weighted by atomic mass is 10.1. The van der Waals surface area contributed by atoms with Crippen LogP contribution in [0.3, 0.4) is 0 Å². The average molecular weight is 482 g/mol. The number of carbonyl (C=O) groups excluding carboxylic acids is 2. The van der Waals surface area contributed by atoms with Crippen LogP contribution >= 0.6 is 0 Å². The minimum atomic E-state index is -3.86. The Balaban J connectivity index is 1.48. The van der Waals surface area contributed by atoms with Crippen LogP contribution in [0, 0.1) is 0 Å². The van der Waals surface area contributed by atoms with Crippen molar-refractivity contribution in [2.75, 3.05) is 31.7 Å². The van der Waals surface area contributed by atoms with Crippen LogP contribution in [0.2, 0.25) is 0 Å². The molecular weight excluding hydrogens is 458 g/mol. The number of nitrogens with zero attached hydrogens (tertiary/aromatic N) is 1. The summed E-state index contributed by atoms with van der Waals surface area (Å²) in [5.74, 6) is -0.393. The smallest absolute Gasteiger partial charge is 0.338 e. The van der Waals surface area contributed by atoms with E-state index >= 15 is 0 Å². The molecular formula is C25H23NO7S. The molecule has 0 aromatic heterocycles. The zero-order valence-corrected chi connectivity index (χ0v) is 19.5. The van der Waals surface area contributed by atoms with Gasteiger partial charge in [-0.1, -0.05) is 24.3 Å². The molecule has 3 aromatic rings. The highest BCUT2D eigenvalue weighted by atomic mass is 32.2. The van der Waals surface area contributed by atoms with Gasteiger partial charge in [-0.2, -0.15) is 0 Å². The number of fused-ring (bicyclic) bond motifs is 1. The lowest BCUT2D eigenvalue weighted by molar-refractivity contribution is 0.0474. The molecule has 8 nitrogen and oxygen atoms in total. The molecule has 0 radical (unpaired) electrons. The highest BCUT2D eigenvalue weighted by molar-refractivity contribution is 7.92. The first-order chi connectivity index (χ1) is 16.3. The molecule has 3 aromatic carbocycles. The molecule has 0 atom stereocenters. The second-order valence-electron chi connectivity index (χ2n) is 7.55. The minimum absolute atomic E-state index is 0.0233. The van der Waals surface area contributed by atoms with Crippen molar-refractivity contribution in [3.05, 3.63) is 83.4 Å². The van der Waals surface area contributed by atoms with Gasteiger partial charge < -0.3 is 14.2 Å². The van der Waals surface area contributed by atoms with Crippen molar-refractivity contribution in [2.45, 2.75) is 11.3 Å². The van der Waals surface area contributed by atoms with Crippen molar-refractivity contribution in [3.8, 4) is 11.5 Å². The maximum absolute atomic E-state index is 13.2. The monoisotopic (exact) mass is 481 g/mol. The van der Waals surface area contributed by atoms with Crippen LogP contribution in [0.25, 0.3) is 0 Å². The summed E-state index contributed by atoms with van der Waals surface area (Å²) in [6, 6.07) is 17.5. The maximum atomic E-state index is 13.2. The van der Waals surface area contributed by atoms with Gasteiger partial charge in [0.2, 0.25) is 0 Å². The van der Waals surface area contributed by atoms with Crippen LogP contribution in [0.4, 0.5) is 5.69 Å². The molecule has 34 heavy (non-hydrogen) atoms. The van der Waals surface area contributed by atoms with E-state index in [-0.39, 0.29) is 16.0 Å². The Labute approximate surface area is 197 Å². The number of carbonyl (C=O) groups is 2. The summed E-state index contributed by atoms with van der Waals surface area (Å²) in [7, 11) is -0.927. The van der Waals surface area contributed by atoms with E-state index in [0.717, 1.165) is 5.56 Å². The van der Waals surface area contributed by atoms with Crippen molar-refractivity contribution in [3.63, 3.8) is 0 Å². The lowest BCUT2D eigenvalue weighted by Gasteiger charge is -2.19. The van der Waals surface area contributed by atoms with Crippen molar-refractivity contribution in [1.29, 1.82) is 0 Å². The average Bonchev–Trinajstić information content (AvgIpc) is 3.31. The van der Waals surface area contributed by atoms with Gasteiger partial charge in [-0.15, -0.1) is 0 Å². The predicted octanol–water partition coefficient (Wildman–Crippen LogP) is 3.49. The van der Waals surface area contributed by atoms with Crippen LogP contribution in [0.1, 0.15) is 26.3 Å². The molecule has 0 fully saturated rings. The summed E-state index contributed by atoms with van der Waals surface area (Å²) in [5, 5.41) is 0. The van der Waals surface area contributed by atoms with Crippen molar-refractivity contribution >= 4 is 27.5 Å². The molecule has 0 saturated carbocycles. The van der Waals surface area contributed by atoms with Crippen LogP contribution in [-0.4, -0.2) is 47.5 Å². The molecule has 0 spiro atoms. The third-order valence-electron chi connectivity index (χ3n) is 5.54. The summed E-state index contributed by atoms with van der Waals surface area (Å²) < 4.78 is 43.3. The summed E-state index contributed by atoms with van der Waals surface area (Å²) in [4.78, 5) is 25.0. The molecule has 0 bridgehead atoms. The van der Waals surface area contributed by atoms with E-state index in [0.29, 0.717) is 30.2 Å². The zero-order chi connectivity index (χ0) is 24.3. The molecule has 0 saturated heterocycles. The number of methoxy groups -OCH3 is 2. The van der Waals surface area contributed by atoms with Gasteiger partial charge in [-0.05, 0) is 54.4 Å². The number of ketones is 1. The van der Waals surface area contributed by atoms with Gasteiger partial charge in [0.15, 0.2) is 23.9 Å². The molecule has 1 aliphatic heterocycles. The van der Waals surface area contributed by atoms with Crippen LogP contribution in [-0.2, 0) is 21.2 Å². The second-order valence-corrected chi connectivity index (χ2v) is 9.42. The molecule has 0 amide bonds. The Morgan fingerprint density at radius 1 is 0.882 bits per heavy atom. The third-order valence-corrected chi connectivity index (χ3v) is 7.35. The molecule has 4 rings (SSSR count). The number of hydrogen-bond donors (Lipinski definition) is 0. The fraction of sp³-hybridized carbons (Fsp3) is 0.200. The summed E-state index contributed by atoms with van der Waals surface area (Å²) in [6.07, 6.45) is 0.620. The standard InChI is InChI=1S/C25H23NO7S/c1-31-23-11-10-18(15-24(23)32-2)22(27)16-33-25(28)19-7-5-8-20(14-19)34(29,30)26-13-12-17-6-3-4-9-21(17)26/h3-11,14-15H,12-13,16H2,1-2H3. The van der Waals surface area contributed by atoms with Crippen LogP contribution < -0.4 is 13.8 Å². The minimum Gasteiger partial charge on any atom is -0.493 e. The number of hydrogen-bond acceptors (Lipinski definition) is 7. The van der Waals surface area contributed by atoms with E-state index in [2.05, 4.69) is 0 Å². The Kier molecular flexibility index (Phi) is 6.56. The first kappa shape index (κ1) is 23.3. The van der Waals surface area contributed by atoms with Gasteiger partial charge in [-0.3, -0.25) is 9.10 Å². The maximum Gasteiger partial charge on any atom is 0.338 e. The van der Waals surface area contributed by atoms with Gasteiger partial charge in [-0.25, -0.2) is 13.2 Å². The number of esters is 1.